The number of hydrogen-bond acceptors (Lipinski definition) is 2. The van der Waals surface area contributed by atoms with Crippen LogP contribution in [0.1, 0.15) is 5.56 Å². The normalized spacial score (nSPS) is 9.80. The fraction of sp³-hybridized carbons (Fsp3) is 0.300. The molecule has 0 radical (unpaired) electrons. The van der Waals surface area contributed by atoms with Crippen LogP contribution in [0.25, 0.3) is 0 Å². The first-order valence-electron chi connectivity index (χ1n) is 4.42. The van der Waals surface area contributed by atoms with Gasteiger partial charge in [0, 0.05) is 11.0 Å². The Labute approximate surface area is 103 Å². The second-order valence-corrected chi connectivity index (χ2v) is 4.26. The predicted octanol–water partition coefficient (Wildman–Crippen LogP) is 2.64. The molecule has 0 atom stereocenters. The summed E-state index contributed by atoms with van der Waals surface area (Å²) in [5.41, 5.74) is 1.05. The van der Waals surface area contributed by atoms with Gasteiger partial charge in [-0.2, -0.15) is 0 Å². The highest BCUT2D eigenvalue weighted by atomic mass is 79.9. The molecule has 0 aliphatic carbocycles. The summed E-state index contributed by atoms with van der Waals surface area (Å²) in [6.45, 7) is 0.551. The summed E-state index contributed by atoms with van der Waals surface area (Å²) in [5.74, 6) is 0.826. The molecule has 0 spiro atoms. The molecule has 0 aromatic heterocycles. The van der Waals surface area contributed by atoms with Crippen LogP contribution >= 0.6 is 28.6 Å². The van der Waals surface area contributed by atoms with Gasteiger partial charge in [-0.25, -0.2) is 0 Å². The van der Waals surface area contributed by atoms with Crippen molar-refractivity contribution in [2.24, 2.45) is 0 Å². The van der Waals surface area contributed by atoms with Crippen molar-refractivity contribution in [1.82, 2.24) is 5.32 Å². The highest BCUT2D eigenvalue weighted by Gasteiger charge is 2.03. The van der Waals surface area contributed by atoms with E-state index in [0.29, 0.717) is 6.54 Å². The van der Waals surface area contributed by atoms with Gasteiger partial charge < -0.3 is 10.1 Å². The molecule has 82 valence electrons. The van der Waals surface area contributed by atoms with Gasteiger partial charge in [-0.15, -0.1) is 0 Å². The van der Waals surface area contributed by atoms with Gasteiger partial charge in [0.2, 0.25) is 0 Å². The maximum absolute atomic E-state index is 10.6. The Morgan fingerprint density at radius 1 is 1.60 bits per heavy atom. The van der Waals surface area contributed by atoms with E-state index in [1.165, 1.54) is 0 Å². The van der Waals surface area contributed by atoms with Crippen molar-refractivity contribution >= 4 is 33.8 Å². The van der Waals surface area contributed by atoms with Gasteiger partial charge >= 0.3 is 0 Å². The van der Waals surface area contributed by atoms with Gasteiger partial charge in [-0.3, -0.25) is 4.79 Å². The maximum atomic E-state index is 10.6. The van der Waals surface area contributed by atoms with Crippen molar-refractivity contribution in [2.45, 2.75) is 6.42 Å². The Hall–Kier alpha value is -0.680. The van der Waals surface area contributed by atoms with Gasteiger partial charge in [0.25, 0.3) is 5.24 Å². The van der Waals surface area contributed by atoms with Crippen molar-refractivity contribution in [2.75, 3.05) is 13.7 Å². The Morgan fingerprint density at radius 3 is 2.93 bits per heavy atom. The lowest BCUT2D eigenvalue weighted by molar-refractivity contribution is 0.261. The molecule has 0 saturated carbocycles. The first-order valence-corrected chi connectivity index (χ1v) is 5.66. The third-order valence-electron chi connectivity index (χ3n) is 1.91. The summed E-state index contributed by atoms with van der Waals surface area (Å²) in [6, 6.07) is 5.78. The van der Waals surface area contributed by atoms with E-state index in [4.69, 9.17) is 4.74 Å². The highest BCUT2D eigenvalue weighted by molar-refractivity contribution is 9.10. The topological polar surface area (TPSA) is 38.3 Å². The third-order valence-corrected chi connectivity index (χ3v) is 2.56. The van der Waals surface area contributed by atoms with Crippen LogP contribution in [0.3, 0.4) is 0 Å². The monoisotopic (exact) mass is 289 g/mol. The maximum Gasteiger partial charge on any atom is 0.275 e. The molecule has 1 amide bonds. The minimum atomic E-state index is -0.316. The molecule has 0 heterocycles. The first kappa shape index (κ1) is 12.4. The number of rotatable bonds is 4. The minimum absolute atomic E-state index is 0.316. The Kier molecular flexibility index (Phi) is 4.98. The Balaban J connectivity index is 2.65. The second-order valence-electron chi connectivity index (χ2n) is 2.94. The molecule has 1 aromatic carbocycles. The van der Waals surface area contributed by atoms with Crippen LogP contribution in [0.2, 0.25) is 0 Å². The van der Waals surface area contributed by atoms with E-state index in [1.807, 2.05) is 18.2 Å². The zero-order valence-electron chi connectivity index (χ0n) is 8.29. The van der Waals surface area contributed by atoms with Crippen molar-refractivity contribution in [1.29, 1.82) is 0 Å². The van der Waals surface area contributed by atoms with Gasteiger partial charge in [-0.1, -0.05) is 28.6 Å². The van der Waals surface area contributed by atoms with Crippen molar-refractivity contribution in [3.05, 3.63) is 28.2 Å². The SMILES string of the molecule is COc1ccc(Br)cc1CCNC(=O)S. The number of halogens is 1. The highest BCUT2D eigenvalue weighted by Crippen LogP contribution is 2.23. The largest absolute Gasteiger partial charge is 0.496 e. The summed E-state index contributed by atoms with van der Waals surface area (Å²) in [5, 5.41) is 2.30. The molecule has 3 nitrogen and oxygen atoms in total. The number of thiol groups is 1. The molecular weight excluding hydrogens is 278 g/mol. The number of nitrogens with one attached hydrogen (secondary N) is 1. The smallest absolute Gasteiger partial charge is 0.275 e. The summed E-state index contributed by atoms with van der Waals surface area (Å²) >= 11 is 7.01. The number of methoxy groups -OCH3 is 1. The molecule has 0 unspecified atom stereocenters. The quantitative estimate of drug-likeness (QED) is 0.837. The Morgan fingerprint density at radius 2 is 2.33 bits per heavy atom. The number of amides is 1. The minimum Gasteiger partial charge on any atom is -0.496 e. The number of carbonyl (C=O) groups excluding carboxylic acids is 1. The predicted molar refractivity (Wildman–Crippen MR) is 66.8 cm³/mol. The molecular formula is C10H12BrNO2S. The number of ether oxygens (including phenoxy) is 1. The summed E-state index contributed by atoms with van der Waals surface area (Å²) in [7, 11) is 1.63. The first-order chi connectivity index (χ1) is 7.13. The Bertz CT molecular complexity index is 357. The molecule has 0 bridgehead atoms. The van der Waals surface area contributed by atoms with Crippen LogP contribution in [0.4, 0.5) is 4.79 Å². The van der Waals surface area contributed by atoms with Gasteiger partial charge in [0.15, 0.2) is 0 Å². The lowest BCUT2D eigenvalue weighted by Gasteiger charge is -2.08. The van der Waals surface area contributed by atoms with Crippen molar-refractivity contribution in [3.63, 3.8) is 0 Å². The lowest BCUT2D eigenvalue weighted by Crippen LogP contribution is -2.19. The van der Waals surface area contributed by atoms with E-state index in [9.17, 15) is 4.79 Å². The van der Waals surface area contributed by atoms with Gasteiger partial charge in [0.05, 0.1) is 7.11 Å². The summed E-state index contributed by atoms with van der Waals surface area (Å²) in [6.07, 6.45) is 0.717. The molecule has 0 fully saturated rings. The fourth-order valence-corrected chi connectivity index (χ4v) is 1.77. The van der Waals surface area contributed by atoms with Crippen molar-refractivity contribution in [3.8, 4) is 5.75 Å². The average Bonchev–Trinajstić information content (AvgIpc) is 2.17. The number of hydrogen-bond donors (Lipinski definition) is 2. The van der Waals surface area contributed by atoms with Crippen LogP contribution < -0.4 is 10.1 Å². The second kappa shape index (κ2) is 6.02. The van der Waals surface area contributed by atoms with Gasteiger partial charge in [0.1, 0.15) is 5.75 Å². The van der Waals surface area contributed by atoms with Gasteiger partial charge in [-0.05, 0) is 30.2 Å². The number of benzene rings is 1. The van der Waals surface area contributed by atoms with Crippen LogP contribution in [-0.4, -0.2) is 18.9 Å². The average molecular weight is 290 g/mol. The third kappa shape index (κ3) is 4.13. The molecule has 0 aliphatic heterocycles. The molecule has 1 N–H and O–H groups in total. The van der Waals surface area contributed by atoms with E-state index in [-0.39, 0.29) is 5.24 Å². The van der Waals surface area contributed by atoms with E-state index in [0.717, 1.165) is 22.2 Å². The molecule has 1 rings (SSSR count). The summed E-state index contributed by atoms with van der Waals surface area (Å²) < 4.78 is 6.20. The lowest BCUT2D eigenvalue weighted by atomic mass is 10.1. The fourth-order valence-electron chi connectivity index (χ4n) is 1.25. The van der Waals surface area contributed by atoms with Crippen LogP contribution in [0.5, 0.6) is 5.75 Å². The van der Waals surface area contributed by atoms with Crippen LogP contribution in [0.15, 0.2) is 22.7 Å². The molecule has 1 aromatic rings. The molecule has 5 heteroatoms. The molecule has 15 heavy (non-hydrogen) atoms. The van der Waals surface area contributed by atoms with Crippen LogP contribution in [0, 0.1) is 0 Å². The van der Waals surface area contributed by atoms with Crippen molar-refractivity contribution < 1.29 is 9.53 Å². The summed E-state index contributed by atoms with van der Waals surface area (Å²) in [4.78, 5) is 10.6. The van der Waals surface area contributed by atoms with E-state index in [1.54, 1.807) is 7.11 Å². The van der Waals surface area contributed by atoms with E-state index >= 15 is 0 Å². The standard InChI is InChI=1S/C10H12BrNO2S/c1-14-9-3-2-8(11)6-7(9)4-5-12-10(13)15/h2-3,6H,4-5H2,1H3,(H2,12,13,15). The number of carbonyl (C=O) groups is 1. The zero-order valence-corrected chi connectivity index (χ0v) is 10.8. The van der Waals surface area contributed by atoms with E-state index < -0.39 is 0 Å². The zero-order chi connectivity index (χ0) is 11.3. The molecule has 0 saturated heterocycles. The van der Waals surface area contributed by atoms with E-state index in [2.05, 4.69) is 33.9 Å². The molecule has 0 aliphatic rings. The van der Waals surface area contributed by atoms with Crippen LogP contribution in [-0.2, 0) is 6.42 Å².